The van der Waals surface area contributed by atoms with Gasteiger partial charge in [-0.15, -0.1) is 11.3 Å². The first kappa shape index (κ1) is 24.0. The third-order valence-electron chi connectivity index (χ3n) is 6.61. The minimum Gasteiger partial charge on any atom is -0.345 e. The van der Waals surface area contributed by atoms with Gasteiger partial charge in [-0.25, -0.2) is 13.4 Å². The summed E-state index contributed by atoms with van der Waals surface area (Å²) in [5.74, 6) is -0.249. The van der Waals surface area contributed by atoms with Gasteiger partial charge in [0.2, 0.25) is 5.91 Å². The summed E-state index contributed by atoms with van der Waals surface area (Å²) in [7, 11) is -3.62. The maximum atomic E-state index is 13.3. The van der Waals surface area contributed by atoms with E-state index < -0.39 is 10.0 Å². The fourth-order valence-electron chi connectivity index (χ4n) is 4.72. The summed E-state index contributed by atoms with van der Waals surface area (Å²) in [5, 5.41) is 1.01. The molecule has 5 rings (SSSR count). The van der Waals surface area contributed by atoms with Crippen molar-refractivity contribution in [2.75, 3.05) is 44.2 Å². The lowest BCUT2D eigenvalue weighted by Gasteiger charge is -2.38. The Labute approximate surface area is 213 Å². The van der Waals surface area contributed by atoms with Crippen LogP contribution in [0.4, 0.5) is 5.13 Å². The first-order valence-electron chi connectivity index (χ1n) is 11.5. The van der Waals surface area contributed by atoms with Gasteiger partial charge in [-0.05, 0) is 43.0 Å². The van der Waals surface area contributed by atoms with Crippen LogP contribution in [0.3, 0.4) is 0 Å². The number of thiophene rings is 1. The highest BCUT2D eigenvalue weighted by Gasteiger charge is 2.36. The third kappa shape index (κ3) is 4.58. The lowest BCUT2D eigenvalue weighted by molar-refractivity contribution is -0.137. The van der Waals surface area contributed by atoms with Crippen LogP contribution in [0.25, 0.3) is 10.2 Å². The molecule has 0 N–H and O–H groups in total. The fourth-order valence-corrected chi connectivity index (χ4v) is 8.94. The minimum absolute atomic E-state index is 0.0568. The molecule has 2 aliphatic rings. The van der Waals surface area contributed by atoms with Crippen LogP contribution in [0.1, 0.15) is 25.3 Å². The van der Waals surface area contributed by atoms with Crippen molar-refractivity contribution >= 4 is 65.6 Å². The highest BCUT2D eigenvalue weighted by molar-refractivity contribution is 7.91. The van der Waals surface area contributed by atoms with Gasteiger partial charge in [-0.2, -0.15) is 4.31 Å². The molecule has 2 fully saturated rings. The number of para-hydroxylation sites is 1. The van der Waals surface area contributed by atoms with E-state index in [-0.39, 0.29) is 22.6 Å². The number of benzene rings is 1. The quantitative estimate of drug-likeness (QED) is 0.483. The first-order valence-corrected chi connectivity index (χ1v) is 15.0. The van der Waals surface area contributed by atoms with E-state index in [9.17, 15) is 13.2 Å². The molecular formula is C23H27ClN4O3S3. The topological polar surface area (TPSA) is 73.8 Å². The summed E-state index contributed by atoms with van der Waals surface area (Å²) in [6, 6.07) is 9.46. The van der Waals surface area contributed by atoms with Crippen LogP contribution in [0, 0.1) is 5.92 Å². The summed E-state index contributed by atoms with van der Waals surface area (Å²) in [4.78, 5) is 22.3. The van der Waals surface area contributed by atoms with Crippen molar-refractivity contribution in [1.82, 2.24) is 14.2 Å². The van der Waals surface area contributed by atoms with Gasteiger partial charge in [-0.3, -0.25) is 4.79 Å². The molecule has 2 aliphatic heterocycles. The number of hydrogen-bond acceptors (Lipinski definition) is 7. The second kappa shape index (κ2) is 9.73. The molecule has 1 atom stereocenters. The lowest BCUT2D eigenvalue weighted by atomic mass is 9.98. The Morgan fingerprint density at radius 1 is 1.12 bits per heavy atom. The van der Waals surface area contributed by atoms with E-state index >= 15 is 0 Å². The van der Waals surface area contributed by atoms with Gasteiger partial charge in [0.15, 0.2) is 5.13 Å². The number of carbonyl (C=O) groups excluding carboxylic acids is 1. The van der Waals surface area contributed by atoms with E-state index in [1.165, 1.54) is 14.6 Å². The number of sulfonamides is 1. The zero-order chi connectivity index (χ0) is 23.9. The van der Waals surface area contributed by atoms with Crippen molar-refractivity contribution in [2.24, 2.45) is 5.92 Å². The Morgan fingerprint density at radius 2 is 1.91 bits per heavy atom. The van der Waals surface area contributed by atoms with Crippen LogP contribution in [-0.2, 0) is 21.2 Å². The van der Waals surface area contributed by atoms with Crippen molar-refractivity contribution in [3.05, 3.63) is 40.2 Å². The number of thiazole rings is 1. The van der Waals surface area contributed by atoms with Crippen molar-refractivity contribution in [3.63, 3.8) is 0 Å². The number of hydrogen-bond donors (Lipinski definition) is 0. The number of fused-ring (bicyclic) bond motifs is 1. The van der Waals surface area contributed by atoms with Crippen LogP contribution in [0.2, 0.25) is 4.34 Å². The maximum absolute atomic E-state index is 13.3. The molecule has 1 aromatic carbocycles. The molecule has 3 aromatic rings. The second-order valence-electron chi connectivity index (χ2n) is 8.69. The molecule has 0 radical (unpaired) electrons. The number of aromatic nitrogens is 1. The molecule has 4 heterocycles. The molecular weight excluding hydrogens is 512 g/mol. The van der Waals surface area contributed by atoms with Crippen LogP contribution in [0.15, 0.2) is 34.5 Å². The van der Waals surface area contributed by atoms with E-state index in [0.717, 1.165) is 41.5 Å². The Balaban J connectivity index is 1.23. The zero-order valence-electron chi connectivity index (χ0n) is 18.9. The van der Waals surface area contributed by atoms with E-state index in [0.29, 0.717) is 36.8 Å². The number of halogens is 1. The predicted molar refractivity (Wildman–Crippen MR) is 139 cm³/mol. The molecule has 0 bridgehead atoms. The monoisotopic (exact) mass is 538 g/mol. The standard InChI is InChI=1S/C23H27ClN4O3S3/c1-2-16-5-3-7-18-21(16)25-23(32-18)27-13-11-26(12-14-27)22(29)17-6-4-10-28(15-17)34(30,31)20-9-8-19(24)33-20/h3,5,7-9,17H,2,4,6,10-15H2,1H3. The molecule has 2 aromatic heterocycles. The largest absolute Gasteiger partial charge is 0.345 e. The molecule has 34 heavy (non-hydrogen) atoms. The third-order valence-corrected chi connectivity index (χ3v) is 11.3. The molecule has 2 saturated heterocycles. The van der Waals surface area contributed by atoms with Crippen molar-refractivity contribution in [1.29, 1.82) is 0 Å². The highest BCUT2D eigenvalue weighted by atomic mass is 35.5. The average Bonchev–Trinajstić information content (AvgIpc) is 3.50. The number of nitrogens with zero attached hydrogens (tertiary/aromatic N) is 4. The smallest absolute Gasteiger partial charge is 0.252 e. The van der Waals surface area contributed by atoms with Gasteiger partial charge >= 0.3 is 0 Å². The van der Waals surface area contributed by atoms with Gasteiger partial charge in [-0.1, -0.05) is 42.0 Å². The minimum atomic E-state index is -3.62. The SMILES string of the molecule is CCc1cccc2sc(N3CCN(C(=O)C4CCCN(S(=O)(=O)c5ccc(Cl)s5)C4)CC3)nc12. The fraction of sp³-hybridized carbons (Fsp3) is 0.478. The summed E-state index contributed by atoms with van der Waals surface area (Å²) in [6.45, 7) is 5.52. The Bertz CT molecular complexity index is 1300. The number of amides is 1. The van der Waals surface area contributed by atoms with Crippen molar-refractivity contribution in [3.8, 4) is 0 Å². The van der Waals surface area contributed by atoms with Crippen LogP contribution < -0.4 is 4.90 Å². The zero-order valence-corrected chi connectivity index (χ0v) is 22.1. The van der Waals surface area contributed by atoms with E-state index in [1.807, 2.05) is 4.90 Å². The first-order chi connectivity index (χ1) is 16.4. The number of aryl methyl sites for hydroxylation is 1. The number of rotatable bonds is 5. The second-order valence-corrected chi connectivity index (χ2v) is 13.6. The molecule has 0 saturated carbocycles. The van der Waals surface area contributed by atoms with Gasteiger partial charge in [0.25, 0.3) is 10.0 Å². The van der Waals surface area contributed by atoms with Gasteiger partial charge in [0, 0.05) is 39.3 Å². The summed E-state index contributed by atoms with van der Waals surface area (Å²) >= 11 is 8.71. The Kier molecular flexibility index (Phi) is 6.87. The molecule has 1 amide bonds. The Morgan fingerprint density at radius 3 is 2.62 bits per heavy atom. The molecule has 11 heteroatoms. The molecule has 0 aliphatic carbocycles. The van der Waals surface area contributed by atoms with Crippen LogP contribution in [-0.4, -0.2) is 67.8 Å². The molecule has 7 nitrogen and oxygen atoms in total. The molecule has 182 valence electrons. The molecule has 0 spiro atoms. The van der Waals surface area contributed by atoms with Gasteiger partial charge < -0.3 is 9.80 Å². The maximum Gasteiger partial charge on any atom is 0.252 e. The number of piperazine rings is 1. The van der Waals surface area contributed by atoms with Crippen molar-refractivity contribution in [2.45, 2.75) is 30.4 Å². The predicted octanol–water partition coefficient (Wildman–Crippen LogP) is 4.32. The lowest BCUT2D eigenvalue weighted by Crippen LogP contribution is -2.53. The Hall–Kier alpha value is -1.72. The molecule has 1 unspecified atom stereocenters. The highest BCUT2D eigenvalue weighted by Crippen LogP contribution is 2.33. The van der Waals surface area contributed by atoms with Gasteiger partial charge in [0.1, 0.15) is 4.21 Å². The van der Waals surface area contributed by atoms with Crippen LogP contribution in [0.5, 0.6) is 0 Å². The normalized spacial score (nSPS) is 20.2. The van der Waals surface area contributed by atoms with E-state index in [2.05, 4.69) is 30.0 Å². The number of carbonyl (C=O) groups is 1. The average molecular weight is 539 g/mol. The summed E-state index contributed by atoms with van der Waals surface area (Å²) in [6.07, 6.45) is 2.35. The van der Waals surface area contributed by atoms with Crippen LogP contribution >= 0.6 is 34.3 Å². The number of piperidine rings is 1. The van der Waals surface area contributed by atoms with E-state index in [4.69, 9.17) is 16.6 Å². The van der Waals surface area contributed by atoms with Crippen molar-refractivity contribution < 1.29 is 13.2 Å². The summed E-state index contributed by atoms with van der Waals surface area (Å²) < 4.78 is 29.3. The summed E-state index contributed by atoms with van der Waals surface area (Å²) in [5.41, 5.74) is 2.34. The van der Waals surface area contributed by atoms with E-state index in [1.54, 1.807) is 23.5 Å². The van der Waals surface area contributed by atoms with Gasteiger partial charge in [0.05, 0.1) is 20.5 Å². The number of anilines is 1.